The first-order valence-electron chi connectivity index (χ1n) is 9.01. The van der Waals surface area contributed by atoms with E-state index in [9.17, 15) is 0 Å². The molecule has 0 amide bonds. The second-order valence-corrected chi connectivity index (χ2v) is 7.60. The summed E-state index contributed by atoms with van der Waals surface area (Å²) in [7, 11) is 0. The van der Waals surface area contributed by atoms with E-state index < -0.39 is 0 Å². The van der Waals surface area contributed by atoms with Gasteiger partial charge in [-0.1, -0.05) is 29.8 Å². The van der Waals surface area contributed by atoms with Gasteiger partial charge in [0.1, 0.15) is 12.4 Å². The lowest BCUT2D eigenvalue weighted by atomic mass is 9.83. The molecule has 3 fully saturated rings. The van der Waals surface area contributed by atoms with Crippen molar-refractivity contribution < 1.29 is 4.74 Å². The molecule has 0 unspecified atom stereocenters. The zero-order valence-electron chi connectivity index (χ0n) is 14.1. The molecule has 0 radical (unpaired) electrons. The molecular weight excluding hydrogens is 332 g/mol. The quantitative estimate of drug-likeness (QED) is 0.724. The first kappa shape index (κ1) is 15.3. The molecule has 128 valence electrons. The lowest BCUT2D eigenvalue weighted by Crippen LogP contribution is -2.43. The number of nitrogens with one attached hydrogen (secondary N) is 1. The first-order chi connectivity index (χ1) is 12.3. The second kappa shape index (κ2) is 6.08. The van der Waals surface area contributed by atoms with Crippen LogP contribution in [-0.4, -0.2) is 36.1 Å². The predicted octanol–water partition coefficient (Wildman–Crippen LogP) is 4.92. The molecule has 2 bridgehead atoms. The van der Waals surface area contributed by atoms with E-state index in [-0.39, 0.29) is 0 Å². The maximum atomic E-state index is 6.61. The molecule has 0 spiro atoms. The summed E-state index contributed by atoms with van der Waals surface area (Å²) in [6, 6.07) is 14.6. The summed E-state index contributed by atoms with van der Waals surface area (Å²) in [6.07, 6.45) is 2.49. The van der Waals surface area contributed by atoms with Crippen LogP contribution in [-0.2, 0) is 0 Å². The minimum Gasteiger partial charge on any atom is -0.488 e. The van der Waals surface area contributed by atoms with Gasteiger partial charge >= 0.3 is 0 Å². The van der Waals surface area contributed by atoms with Gasteiger partial charge in [0.2, 0.25) is 0 Å². The van der Waals surface area contributed by atoms with Crippen LogP contribution in [0.4, 0.5) is 0 Å². The number of aromatic amines is 1. The number of rotatable bonds is 3. The zero-order chi connectivity index (χ0) is 16.8. The average Bonchev–Trinajstić information content (AvgIpc) is 3.04. The summed E-state index contributed by atoms with van der Waals surface area (Å²) in [4.78, 5) is 5.95. The van der Waals surface area contributed by atoms with Crippen molar-refractivity contribution in [2.75, 3.05) is 26.2 Å². The number of ether oxygens (including phenoxy) is 1. The largest absolute Gasteiger partial charge is 0.488 e. The van der Waals surface area contributed by atoms with Gasteiger partial charge in [-0.3, -0.25) is 4.90 Å². The molecule has 4 heterocycles. The number of fused-ring (bicyclic) bond motifs is 6. The van der Waals surface area contributed by atoms with Crippen molar-refractivity contribution in [1.29, 1.82) is 0 Å². The van der Waals surface area contributed by atoms with Crippen molar-refractivity contribution in [3.63, 3.8) is 0 Å². The molecule has 0 saturated carbocycles. The number of aromatic nitrogens is 1. The standard InChI is InChI=1S/C21H21ClN2O/c22-19(18-12-24-9-7-14(18)8-10-24)13-25-15-5-6-17-16-3-1-2-4-20(16)23-21(17)11-15/h1-6,11,14,23H,7-10,12-13H2. The van der Waals surface area contributed by atoms with Crippen LogP contribution in [0.1, 0.15) is 12.8 Å². The molecule has 2 aromatic carbocycles. The Bertz CT molecular complexity index is 966. The van der Waals surface area contributed by atoms with Crippen molar-refractivity contribution in [2.24, 2.45) is 5.92 Å². The maximum Gasteiger partial charge on any atom is 0.124 e. The van der Waals surface area contributed by atoms with Crippen LogP contribution in [0.5, 0.6) is 5.75 Å². The molecule has 3 nitrogen and oxygen atoms in total. The van der Waals surface area contributed by atoms with Gasteiger partial charge in [-0.05, 0) is 55.6 Å². The number of H-pyrrole nitrogens is 1. The van der Waals surface area contributed by atoms with E-state index in [1.807, 2.05) is 6.07 Å². The number of benzene rings is 2. The van der Waals surface area contributed by atoms with Gasteiger partial charge in [0.15, 0.2) is 0 Å². The van der Waals surface area contributed by atoms with Crippen molar-refractivity contribution >= 4 is 33.4 Å². The van der Waals surface area contributed by atoms with Gasteiger partial charge in [0.25, 0.3) is 0 Å². The smallest absolute Gasteiger partial charge is 0.124 e. The number of halogens is 1. The van der Waals surface area contributed by atoms with Crippen LogP contribution in [0.3, 0.4) is 0 Å². The van der Waals surface area contributed by atoms with Gasteiger partial charge in [-0.25, -0.2) is 0 Å². The van der Waals surface area contributed by atoms with Crippen LogP contribution in [0, 0.1) is 5.92 Å². The topological polar surface area (TPSA) is 28.3 Å². The first-order valence-corrected chi connectivity index (χ1v) is 9.39. The lowest BCUT2D eigenvalue weighted by Gasteiger charge is -2.41. The van der Waals surface area contributed by atoms with E-state index in [1.165, 1.54) is 42.3 Å². The van der Waals surface area contributed by atoms with E-state index in [0.717, 1.165) is 28.4 Å². The Balaban J connectivity index is 1.38. The highest BCUT2D eigenvalue weighted by Crippen LogP contribution is 2.35. The molecule has 6 rings (SSSR count). The summed E-state index contributed by atoms with van der Waals surface area (Å²) in [5.74, 6) is 1.52. The van der Waals surface area contributed by atoms with Crippen LogP contribution >= 0.6 is 11.6 Å². The predicted molar refractivity (Wildman–Crippen MR) is 103 cm³/mol. The monoisotopic (exact) mass is 352 g/mol. The van der Waals surface area contributed by atoms with Crippen LogP contribution in [0.15, 0.2) is 53.1 Å². The molecule has 3 aromatic rings. The van der Waals surface area contributed by atoms with Crippen molar-refractivity contribution in [2.45, 2.75) is 12.8 Å². The third-order valence-electron chi connectivity index (χ3n) is 5.67. The Morgan fingerprint density at radius 1 is 1.08 bits per heavy atom. The minimum absolute atomic E-state index is 0.465. The van der Waals surface area contributed by atoms with E-state index in [2.05, 4.69) is 46.3 Å². The third-order valence-corrected chi connectivity index (χ3v) is 6.02. The fraction of sp³-hybridized carbons (Fsp3) is 0.333. The number of hydrogen-bond donors (Lipinski definition) is 1. The van der Waals surface area contributed by atoms with E-state index in [1.54, 1.807) is 0 Å². The SMILES string of the molecule is ClC(COc1ccc2c(c1)[nH]c1ccccc12)=C1CN2CCC1CC2. The van der Waals surface area contributed by atoms with Crippen LogP contribution < -0.4 is 4.74 Å². The summed E-state index contributed by atoms with van der Waals surface area (Å²) in [5, 5.41) is 3.37. The number of nitrogens with zero attached hydrogens (tertiary/aromatic N) is 1. The zero-order valence-corrected chi connectivity index (χ0v) is 14.9. The van der Waals surface area contributed by atoms with Gasteiger partial charge in [-0.2, -0.15) is 0 Å². The average molecular weight is 353 g/mol. The minimum atomic E-state index is 0.465. The third kappa shape index (κ3) is 2.72. The summed E-state index contributed by atoms with van der Waals surface area (Å²) < 4.78 is 6.00. The molecule has 0 aliphatic carbocycles. The van der Waals surface area contributed by atoms with E-state index in [4.69, 9.17) is 16.3 Å². The van der Waals surface area contributed by atoms with Gasteiger partial charge in [-0.15, -0.1) is 0 Å². The molecule has 0 atom stereocenters. The highest BCUT2D eigenvalue weighted by molar-refractivity contribution is 6.30. The Morgan fingerprint density at radius 2 is 1.88 bits per heavy atom. The summed E-state index contributed by atoms with van der Waals surface area (Å²) in [5.41, 5.74) is 3.65. The van der Waals surface area contributed by atoms with Gasteiger partial charge in [0, 0.05) is 28.9 Å². The van der Waals surface area contributed by atoms with E-state index in [0.29, 0.717) is 12.5 Å². The Labute approximate surface area is 152 Å². The second-order valence-electron chi connectivity index (χ2n) is 7.15. The van der Waals surface area contributed by atoms with Gasteiger partial charge < -0.3 is 9.72 Å². The Morgan fingerprint density at radius 3 is 2.68 bits per heavy atom. The number of para-hydroxylation sites is 1. The lowest BCUT2D eigenvalue weighted by molar-refractivity contribution is 0.159. The molecule has 3 aliphatic rings. The Kier molecular flexibility index (Phi) is 3.72. The number of hydrogen-bond acceptors (Lipinski definition) is 2. The molecule has 25 heavy (non-hydrogen) atoms. The molecule has 3 aliphatic heterocycles. The van der Waals surface area contributed by atoms with Crippen molar-refractivity contribution in [3.05, 3.63) is 53.1 Å². The van der Waals surface area contributed by atoms with Crippen molar-refractivity contribution in [3.8, 4) is 5.75 Å². The molecular formula is C21H21ClN2O. The fourth-order valence-corrected chi connectivity index (χ4v) is 4.55. The molecule has 1 N–H and O–H groups in total. The van der Waals surface area contributed by atoms with Crippen molar-refractivity contribution in [1.82, 2.24) is 9.88 Å². The van der Waals surface area contributed by atoms with E-state index >= 15 is 0 Å². The van der Waals surface area contributed by atoms with Gasteiger partial charge in [0.05, 0.1) is 10.5 Å². The van der Waals surface area contributed by atoms with Crippen LogP contribution in [0.25, 0.3) is 21.8 Å². The normalized spacial score (nSPS) is 24.8. The molecule has 4 heteroatoms. The summed E-state index contributed by atoms with van der Waals surface area (Å²) >= 11 is 6.61. The van der Waals surface area contributed by atoms with Crippen LogP contribution in [0.2, 0.25) is 0 Å². The molecule has 3 saturated heterocycles. The molecule has 1 aromatic heterocycles. The fourth-order valence-electron chi connectivity index (χ4n) is 4.28. The Hall–Kier alpha value is -1.97. The maximum absolute atomic E-state index is 6.61. The summed E-state index contributed by atoms with van der Waals surface area (Å²) in [6.45, 7) is 3.92. The number of piperidine rings is 3. The highest BCUT2D eigenvalue weighted by atomic mass is 35.5. The highest BCUT2D eigenvalue weighted by Gasteiger charge is 2.31.